The van der Waals surface area contributed by atoms with Gasteiger partial charge in [0, 0.05) is 11.6 Å². The first-order valence-electron chi connectivity index (χ1n) is 5.88. The molecule has 0 unspecified atom stereocenters. The summed E-state index contributed by atoms with van der Waals surface area (Å²) in [5, 5.41) is 8.06. The van der Waals surface area contributed by atoms with Gasteiger partial charge in [-0.25, -0.2) is 0 Å². The van der Waals surface area contributed by atoms with E-state index in [-0.39, 0.29) is 0 Å². The fourth-order valence-corrected chi connectivity index (χ4v) is 2.22. The third kappa shape index (κ3) is 3.03. The Balaban J connectivity index is 2.03. The molecule has 3 nitrogen and oxygen atoms in total. The monoisotopic (exact) mass is 247 g/mol. The van der Waals surface area contributed by atoms with Gasteiger partial charge in [-0.3, -0.25) is 5.43 Å². The van der Waals surface area contributed by atoms with E-state index in [1.54, 1.807) is 0 Å². The lowest BCUT2D eigenvalue weighted by atomic mass is 10.1. The van der Waals surface area contributed by atoms with Crippen LogP contribution >= 0.6 is 12.2 Å². The molecule has 1 aliphatic rings. The van der Waals surface area contributed by atoms with E-state index in [4.69, 9.17) is 12.2 Å². The average molecular weight is 247 g/mol. The minimum Gasteiger partial charge on any atom is -0.359 e. The van der Waals surface area contributed by atoms with E-state index in [0.717, 1.165) is 18.6 Å². The Morgan fingerprint density at radius 3 is 2.82 bits per heavy atom. The van der Waals surface area contributed by atoms with E-state index < -0.39 is 0 Å². The number of thiocarbonyl (C=S) groups is 1. The molecule has 0 fully saturated rings. The van der Waals surface area contributed by atoms with Crippen LogP contribution in [-0.4, -0.2) is 16.9 Å². The average Bonchev–Trinajstić information content (AvgIpc) is 2.69. The molecular formula is C13H17N3S. The predicted molar refractivity (Wildman–Crippen MR) is 75.3 cm³/mol. The molecular weight excluding hydrogens is 230 g/mol. The van der Waals surface area contributed by atoms with Gasteiger partial charge in [-0.1, -0.05) is 24.3 Å². The summed E-state index contributed by atoms with van der Waals surface area (Å²) in [6.07, 6.45) is 2.05. The highest BCUT2D eigenvalue weighted by Crippen LogP contribution is 2.21. The molecule has 4 heteroatoms. The van der Waals surface area contributed by atoms with E-state index >= 15 is 0 Å². The molecule has 0 atom stereocenters. The smallest absolute Gasteiger partial charge is 0.187 e. The summed E-state index contributed by atoms with van der Waals surface area (Å²) < 4.78 is 0. The summed E-state index contributed by atoms with van der Waals surface area (Å²) in [4.78, 5) is 0. The van der Waals surface area contributed by atoms with Crippen molar-refractivity contribution >= 4 is 23.0 Å². The largest absolute Gasteiger partial charge is 0.359 e. The Hall–Kier alpha value is -1.42. The van der Waals surface area contributed by atoms with Gasteiger partial charge in [0.2, 0.25) is 0 Å². The molecule has 0 bridgehead atoms. The number of fused-ring (bicyclic) bond motifs is 1. The van der Waals surface area contributed by atoms with E-state index in [0.29, 0.717) is 11.2 Å². The molecule has 0 aromatic heterocycles. The summed E-state index contributed by atoms with van der Waals surface area (Å²) in [6, 6.07) is 8.71. The second-order valence-electron chi connectivity index (χ2n) is 4.46. The summed E-state index contributed by atoms with van der Waals surface area (Å²) in [5.41, 5.74) is 6.61. The van der Waals surface area contributed by atoms with Gasteiger partial charge >= 0.3 is 0 Å². The molecule has 1 aromatic rings. The molecule has 0 heterocycles. The third-order valence-corrected chi connectivity index (χ3v) is 2.88. The Bertz CT molecular complexity index is 452. The third-order valence-electron chi connectivity index (χ3n) is 2.67. The number of benzene rings is 1. The first-order chi connectivity index (χ1) is 8.16. The Kier molecular flexibility index (Phi) is 3.74. The molecule has 90 valence electrons. The van der Waals surface area contributed by atoms with Crippen molar-refractivity contribution in [2.45, 2.75) is 32.7 Å². The highest BCUT2D eigenvalue weighted by atomic mass is 32.1. The van der Waals surface area contributed by atoms with Gasteiger partial charge in [0.25, 0.3) is 0 Å². The van der Waals surface area contributed by atoms with E-state index in [1.165, 1.54) is 11.1 Å². The zero-order valence-electron chi connectivity index (χ0n) is 10.2. The zero-order valence-corrected chi connectivity index (χ0v) is 11.0. The number of nitrogens with one attached hydrogen (secondary N) is 2. The van der Waals surface area contributed by atoms with Crippen LogP contribution in [0.15, 0.2) is 29.4 Å². The van der Waals surface area contributed by atoms with Crippen LogP contribution in [0.4, 0.5) is 0 Å². The lowest BCUT2D eigenvalue weighted by Gasteiger charge is -2.10. The van der Waals surface area contributed by atoms with Gasteiger partial charge in [0.1, 0.15) is 0 Å². The summed E-state index contributed by atoms with van der Waals surface area (Å²) in [6.45, 7) is 4.10. The van der Waals surface area contributed by atoms with Crippen molar-refractivity contribution in [2.75, 3.05) is 0 Å². The second kappa shape index (κ2) is 5.27. The number of hydrogen-bond donors (Lipinski definition) is 2. The minimum atomic E-state index is 0.325. The van der Waals surface area contributed by atoms with Gasteiger partial charge in [-0.2, -0.15) is 5.10 Å². The van der Waals surface area contributed by atoms with Gasteiger partial charge in [-0.05, 0) is 44.5 Å². The first kappa shape index (κ1) is 12.0. The maximum atomic E-state index is 5.13. The topological polar surface area (TPSA) is 36.4 Å². The van der Waals surface area contributed by atoms with Gasteiger partial charge < -0.3 is 5.32 Å². The van der Waals surface area contributed by atoms with Crippen LogP contribution in [0.1, 0.15) is 31.4 Å². The highest BCUT2D eigenvalue weighted by Gasteiger charge is 2.16. The fraction of sp³-hybridized carbons (Fsp3) is 0.385. The lowest BCUT2D eigenvalue weighted by Crippen LogP contribution is -2.37. The maximum Gasteiger partial charge on any atom is 0.187 e. The molecule has 2 rings (SSSR count). The van der Waals surface area contributed by atoms with Crippen LogP contribution in [0.3, 0.4) is 0 Å². The van der Waals surface area contributed by atoms with Crippen LogP contribution in [0.2, 0.25) is 0 Å². The maximum absolute atomic E-state index is 5.13. The quantitative estimate of drug-likeness (QED) is 0.621. The first-order valence-corrected chi connectivity index (χ1v) is 6.29. The summed E-state index contributed by atoms with van der Waals surface area (Å²) in [5.74, 6) is 0. The van der Waals surface area contributed by atoms with E-state index in [2.05, 4.69) is 34.0 Å². The Morgan fingerprint density at radius 1 is 1.29 bits per heavy atom. The van der Waals surface area contributed by atoms with Gasteiger partial charge in [0.05, 0.1) is 5.71 Å². The van der Waals surface area contributed by atoms with Crippen LogP contribution in [0.25, 0.3) is 0 Å². The van der Waals surface area contributed by atoms with Crippen molar-refractivity contribution < 1.29 is 0 Å². The zero-order chi connectivity index (χ0) is 12.3. The number of rotatable bonds is 2. The molecule has 0 amide bonds. The predicted octanol–water partition coefficient (Wildman–Crippen LogP) is 2.21. The van der Waals surface area contributed by atoms with Crippen LogP contribution in [0, 0.1) is 0 Å². The molecule has 0 saturated heterocycles. The highest BCUT2D eigenvalue weighted by molar-refractivity contribution is 7.80. The van der Waals surface area contributed by atoms with Crippen molar-refractivity contribution in [1.82, 2.24) is 10.7 Å². The summed E-state index contributed by atoms with van der Waals surface area (Å²) >= 11 is 5.13. The van der Waals surface area contributed by atoms with E-state index in [9.17, 15) is 0 Å². The molecule has 1 aliphatic carbocycles. The molecule has 17 heavy (non-hydrogen) atoms. The van der Waals surface area contributed by atoms with Crippen molar-refractivity contribution in [1.29, 1.82) is 0 Å². The van der Waals surface area contributed by atoms with Crippen LogP contribution < -0.4 is 10.7 Å². The fourth-order valence-electron chi connectivity index (χ4n) is 1.94. The van der Waals surface area contributed by atoms with Crippen LogP contribution in [0.5, 0.6) is 0 Å². The number of nitrogens with zero attached hydrogens (tertiary/aromatic N) is 1. The molecule has 1 aromatic carbocycles. The molecule has 0 aliphatic heterocycles. The lowest BCUT2D eigenvalue weighted by molar-refractivity contribution is 0.719. The van der Waals surface area contributed by atoms with Crippen molar-refractivity contribution in [3.63, 3.8) is 0 Å². The summed E-state index contributed by atoms with van der Waals surface area (Å²) in [7, 11) is 0. The van der Waals surface area contributed by atoms with Crippen molar-refractivity contribution in [3.05, 3.63) is 35.4 Å². The molecule has 0 saturated carbocycles. The SMILES string of the molecule is CC(C)NC(=S)N/N=C1\CCc2ccccc21. The van der Waals surface area contributed by atoms with Gasteiger partial charge in [-0.15, -0.1) is 0 Å². The van der Waals surface area contributed by atoms with Gasteiger partial charge in [0.15, 0.2) is 5.11 Å². The molecule has 2 N–H and O–H groups in total. The Labute approximate surface area is 107 Å². The van der Waals surface area contributed by atoms with Crippen molar-refractivity contribution in [3.8, 4) is 0 Å². The standard InChI is InChI=1S/C13H17N3S/c1-9(2)14-13(17)16-15-12-8-7-10-5-3-4-6-11(10)12/h3-6,9H,7-8H2,1-2H3,(H2,14,16,17)/b15-12+. The number of hydrazone groups is 1. The van der Waals surface area contributed by atoms with Crippen molar-refractivity contribution in [2.24, 2.45) is 5.10 Å². The molecule has 0 spiro atoms. The van der Waals surface area contributed by atoms with Crippen LogP contribution in [-0.2, 0) is 6.42 Å². The number of aryl methyl sites for hydroxylation is 1. The number of hydrogen-bond acceptors (Lipinski definition) is 2. The van der Waals surface area contributed by atoms with E-state index in [1.807, 2.05) is 19.9 Å². The molecule has 0 radical (unpaired) electrons. The minimum absolute atomic E-state index is 0.325. The normalized spacial score (nSPS) is 16.1. The Morgan fingerprint density at radius 2 is 2.06 bits per heavy atom. The second-order valence-corrected chi connectivity index (χ2v) is 4.86.